The maximum absolute atomic E-state index is 14.2. The fourth-order valence-corrected chi connectivity index (χ4v) is 4.48. The van der Waals surface area contributed by atoms with E-state index < -0.39 is 30.2 Å². The minimum atomic E-state index is -2.17. The minimum absolute atomic E-state index is 0.0905. The van der Waals surface area contributed by atoms with Crippen molar-refractivity contribution >= 4 is 18.3 Å². The summed E-state index contributed by atoms with van der Waals surface area (Å²) < 4.78 is 54.5. The number of ether oxygens (including phenoxy) is 1. The summed E-state index contributed by atoms with van der Waals surface area (Å²) >= 11 is 0. The van der Waals surface area contributed by atoms with Gasteiger partial charge in [-0.1, -0.05) is 13.8 Å². The van der Waals surface area contributed by atoms with Gasteiger partial charge in [-0.25, -0.2) is 17.6 Å². The summed E-state index contributed by atoms with van der Waals surface area (Å²) in [6, 6.07) is 3.08. The van der Waals surface area contributed by atoms with E-state index in [1.165, 1.54) is 11.6 Å². The van der Waals surface area contributed by atoms with Gasteiger partial charge in [0.25, 0.3) is 0 Å². The number of nitrogens with zero attached hydrogens (tertiary/aromatic N) is 3. The quantitative estimate of drug-likeness (QED) is 0.268. The smallest absolute Gasteiger partial charge is 0.235 e. The zero-order chi connectivity index (χ0) is 29.0. The van der Waals surface area contributed by atoms with Gasteiger partial charge in [-0.2, -0.15) is 0 Å². The first-order valence-corrected chi connectivity index (χ1v) is 12.7. The molecule has 2 unspecified atom stereocenters. The van der Waals surface area contributed by atoms with Gasteiger partial charge < -0.3 is 21.2 Å². The van der Waals surface area contributed by atoms with Gasteiger partial charge in [-0.3, -0.25) is 14.9 Å². The Morgan fingerprint density at radius 2 is 1.87 bits per heavy atom. The first-order valence-electron chi connectivity index (χ1n) is 12.7. The van der Waals surface area contributed by atoms with Gasteiger partial charge >= 0.3 is 0 Å². The Labute approximate surface area is 223 Å². The fraction of sp³-hybridized carbons (Fsp3) is 0.593. The molecular weight excluding hydrogens is 500 g/mol. The molecule has 7 nitrogen and oxygen atoms in total. The van der Waals surface area contributed by atoms with Crippen molar-refractivity contribution in [3.05, 3.63) is 46.7 Å². The molecular formula is C27H42F4N6O. The Balaban J connectivity index is 0.00000110. The van der Waals surface area contributed by atoms with E-state index in [1.54, 1.807) is 7.05 Å². The van der Waals surface area contributed by atoms with E-state index in [1.807, 2.05) is 13.8 Å². The summed E-state index contributed by atoms with van der Waals surface area (Å²) in [6.45, 7) is 14.4. The number of halogens is 4. The minimum Gasteiger partial charge on any atom is -0.370 e. The Morgan fingerprint density at radius 1 is 1.24 bits per heavy atom. The van der Waals surface area contributed by atoms with Crippen LogP contribution in [-0.2, 0) is 4.74 Å². The third-order valence-electron chi connectivity index (χ3n) is 6.19. The van der Waals surface area contributed by atoms with Gasteiger partial charge in [0.2, 0.25) is 6.43 Å². The monoisotopic (exact) mass is 542 g/mol. The maximum Gasteiger partial charge on any atom is 0.235 e. The van der Waals surface area contributed by atoms with Crippen LogP contribution < -0.4 is 11.1 Å². The van der Waals surface area contributed by atoms with Crippen LogP contribution in [0.25, 0.3) is 0 Å². The second kappa shape index (κ2) is 16.4. The fourth-order valence-electron chi connectivity index (χ4n) is 4.48. The van der Waals surface area contributed by atoms with E-state index >= 15 is 0 Å². The highest BCUT2D eigenvalue weighted by Crippen LogP contribution is 2.34. The Kier molecular flexibility index (Phi) is 14.4. The number of rotatable bonds is 6. The average Bonchev–Trinajstić information content (AvgIpc) is 3.29. The highest BCUT2D eigenvalue weighted by Gasteiger charge is 2.37. The zero-order valence-corrected chi connectivity index (χ0v) is 23.2. The third-order valence-corrected chi connectivity index (χ3v) is 6.19. The molecule has 0 saturated carbocycles. The van der Waals surface area contributed by atoms with Crippen molar-refractivity contribution in [3.63, 3.8) is 0 Å². The van der Waals surface area contributed by atoms with Gasteiger partial charge in [-0.05, 0) is 63.6 Å². The van der Waals surface area contributed by atoms with Crippen LogP contribution in [0.2, 0.25) is 0 Å². The first kappa shape index (κ1) is 33.4. The summed E-state index contributed by atoms with van der Waals surface area (Å²) in [7, 11) is 1.76. The molecule has 1 saturated heterocycles. The molecule has 0 aromatic heterocycles. The molecule has 38 heavy (non-hydrogen) atoms. The van der Waals surface area contributed by atoms with Crippen LogP contribution in [0.5, 0.6) is 0 Å². The SMILES string of the molecule is C=N.CC(F)F.CCNC(=NC)C(C)=NC1=C(C(C)C)CN(C2CO[C@H](c3cc(F)ccc3F)C(N)C2)C1. The second-order valence-electron chi connectivity index (χ2n) is 9.32. The number of amidine groups is 1. The van der Waals surface area contributed by atoms with Gasteiger partial charge in [0, 0.05) is 44.3 Å². The van der Waals surface area contributed by atoms with Gasteiger partial charge in [0.1, 0.15) is 23.6 Å². The summed E-state index contributed by atoms with van der Waals surface area (Å²) in [6.07, 6.45) is -2.17. The van der Waals surface area contributed by atoms with Crippen LogP contribution in [0.1, 0.15) is 52.7 Å². The number of hydrogen-bond donors (Lipinski definition) is 3. The Hall–Kier alpha value is -2.63. The number of nitrogens with two attached hydrogens (primary N) is 1. The van der Waals surface area contributed by atoms with Crippen molar-refractivity contribution in [3.8, 4) is 0 Å². The molecule has 1 fully saturated rings. The van der Waals surface area contributed by atoms with E-state index in [0.717, 1.165) is 49.4 Å². The number of hydrogen-bond acceptors (Lipinski definition) is 6. The molecule has 1 aromatic rings. The molecule has 0 amide bonds. The predicted molar refractivity (Wildman–Crippen MR) is 147 cm³/mol. The summed E-state index contributed by atoms with van der Waals surface area (Å²) in [5.41, 5.74) is 9.79. The summed E-state index contributed by atoms with van der Waals surface area (Å²) in [5, 5.41) is 8.75. The van der Waals surface area contributed by atoms with E-state index in [4.69, 9.17) is 20.9 Å². The van der Waals surface area contributed by atoms with Gasteiger partial charge in [0.05, 0.1) is 18.0 Å². The molecule has 3 atom stereocenters. The summed E-state index contributed by atoms with van der Waals surface area (Å²) in [5.74, 6) is 0.177. The molecule has 0 bridgehead atoms. The van der Waals surface area contributed by atoms with Crippen LogP contribution in [0.15, 0.2) is 39.5 Å². The molecule has 2 aliphatic rings. The van der Waals surface area contributed by atoms with Crippen LogP contribution in [0.4, 0.5) is 17.6 Å². The van der Waals surface area contributed by atoms with Crippen molar-refractivity contribution in [2.45, 2.75) is 65.7 Å². The van der Waals surface area contributed by atoms with Gasteiger partial charge in [0.15, 0.2) is 0 Å². The molecule has 3 rings (SSSR count). The lowest BCUT2D eigenvalue weighted by molar-refractivity contribution is -0.0466. The van der Waals surface area contributed by atoms with E-state index in [-0.39, 0.29) is 11.6 Å². The van der Waals surface area contributed by atoms with Crippen molar-refractivity contribution in [2.75, 3.05) is 33.3 Å². The Bertz CT molecular complexity index is 980. The standard InChI is InChI=1S/C24H35F2N5O.C2H4F2.CH3N/c1-6-29-24(28-5)15(4)30-22-12-31(11-19(22)14(2)3)17-10-21(27)23(32-13-17)18-9-16(25)7-8-20(18)26;1-2(3)4;1-2/h7-9,14,17,21,23H,6,10-13,27H2,1-5H3,(H,28,29);2H,1H3;2H,1H2/t17?,21?,23-;;/m1../s1. The highest BCUT2D eigenvalue weighted by molar-refractivity contribution is 6.40. The summed E-state index contributed by atoms with van der Waals surface area (Å²) in [4.78, 5) is 11.5. The van der Waals surface area contributed by atoms with E-state index in [9.17, 15) is 17.6 Å². The normalized spacial score (nSPS) is 22.7. The van der Waals surface area contributed by atoms with Crippen LogP contribution in [0, 0.1) is 23.0 Å². The largest absolute Gasteiger partial charge is 0.370 e. The lowest BCUT2D eigenvalue weighted by Crippen LogP contribution is -2.49. The topological polar surface area (TPSA) is 99.1 Å². The molecule has 0 radical (unpaired) electrons. The molecule has 0 aliphatic carbocycles. The third kappa shape index (κ3) is 9.59. The van der Waals surface area contributed by atoms with Crippen molar-refractivity contribution < 1.29 is 22.3 Å². The van der Waals surface area contributed by atoms with Crippen molar-refractivity contribution in [2.24, 2.45) is 21.6 Å². The lowest BCUT2D eigenvalue weighted by atomic mass is 9.93. The van der Waals surface area contributed by atoms with E-state index in [2.05, 4.69) is 35.8 Å². The van der Waals surface area contributed by atoms with E-state index in [0.29, 0.717) is 25.5 Å². The molecule has 1 aromatic carbocycles. The predicted octanol–water partition coefficient (Wildman–Crippen LogP) is 4.98. The maximum atomic E-state index is 14.2. The number of nitrogens with one attached hydrogen (secondary N) is 2. The zero-order valence-electron chi connectivity index (χ0n) is 23.2. The molecule has 11 heteroatoms. The lowest BCUT2D eigenvalue weighted by Gasteiger charge is -2.39. The number of alkyl halides is 2. The van der Waals surface area contributed by atoms with Crippen LogP contribution in [-0.4, -0.2) is 75.0 Å². The van der Waals surface area contributed by atoms with Gasteiger partial charge in [-0.15, -0.1) is 0 Å². The molecule has 4 N–H and O–H groups in total. The van der Waals surface area contributed by atoms with Crippen molar-refractivity contribution in [1.82, 2.24) is 10.2 Å². The Morgan fingerprint density at radius 3 is 2.39 bits per heavy atom. The molecule has 0 spiro atoms. The van der Waals surface area contributed by atoms with Crippen molar-refractivity contribution in [1.29, 1.82) is 5.41 Å². The van der Waals surface area contributed by atoms with Crippen LogP contribution >= 0.6 is 0 Å². The molecule has 2 heterocycles. The second-order valence-corrected chi connectivity index (χ2v) is 9.32. The first-order chi connectivity index (χ1) is 18.0. The van der Waals surface area contributed by atoms with Crippen LogP contribution in [0.3, 0.4) is 0 Å². The number of aliphatic imine (C=N–C) groups is 2. The molecule has 2 aliphatic heterocycles. The highest BCUT2D eigenvalue weighted by atomic mass is 19.3. The molecule has 214 valence electrons. The number of benzene rings is 1. The average molecular weight is 543 g/mol.